The maximum atomic E-state index is 13.2. The van der Waals surface area contributed by atoms with E-state index in [1.54, 1.807) is 4.90 Å². The van der Waals surface area contributed by atoms with Crippen molar-refractivity contribution in [3.05, 3.63) is 40.0 Å². The van der Waals surface area contributed by atoms with Crippen LogP contribution in [-0.2, 0) is 12.8 Å². The number of amides is 2. The van der Waals surface area contributed by atoms with Gasteiger partial charge in [-0.25, -0.2) is 4.79 Å². The Kier molecular flexibility index (Phi) is 6.58. The van der Waals surface area contributed by atoms with Crippen LogP contribution in [0.4, 0.5) is 4.79 Å². The molecule has 1 aliphatic heterocycles. The molecule has 0 bridgehead atoms. The summed E-state index contributed by atoms with van der Waals surface area (Å²) in [6, 6.07) is 5.37. The molecule has 2 atom stereocenters. The van der Waals surface area contributed by atoms with E-state index in [4.69, 9.17) is 16.6 Å². The Bertz CT molecular complexity index is 1040. The summed E-state index contributed by atoms with van der Waals surface area (Å²) in [6.45, 7) is 3.99. The smallest absolute Gasteiger partial charge is 0.407 e. The number of rotatable bonds is 4. The average molecular weight is 459 g/mol. The van der Waals surface area contributed by atoms with Crippen molar-refractivity contribution in [2.45, 2.75) is 38.6 Å². The molecule has 1 fully saturated rings. The minimum Gasteiger partial charge on any atom is -0.465 e. The number of carbonyl (C=O) groups is 2. The van der Waals surface area contributed by atoms with Crippen molar-refractivity contribution in [3.63, 3.8) is 0 Å². The van der Waals surface area contributed by atoms with Gasteiger partial charge in [-0.05, 0) is 76.9 Å². The fourth-order valence-corrected chi connectivity index (χ4v) is 5.22. The minimum absolute atomic E-state index is 0.0937. The Hall–Kier alpha value is -2.38. The molecule has 4 rings (SSSR count). The Balaban J connectivity index is 1.56. The highest BCUT2D eigenvalue weighted by Gasteiger charge is 2.30. The monoisotopic (exact) mass is 458 g/mol. The number of aryl methyl sites for hydroxylation is 1. The number of nitrogens with zero attached hydrogens (tertiary/aromatic N) is 4. The number of carbonyl (C=O) groups excluding carboxylic acids is 1. The van der Waals surface area contributed by atoms with Gasteiger partial charge in [0.15, 0.2) is 0 Å². The lowest BCUT2D eigenvalue weighted by atomic mass is 9.84. The molecule has 1 aromatic heterocycles. The van der Waals surface area contributed by atoms with E-state index in [1.807, 2.05) is 25.1 Å². The molecule has 1 saturated heterocycles. The Morgan fingerprint density at radius 3 is 2.75 bits per heavy atom. The van der Waals surface area contributed by atoms with Gasteiger partial charge in [0.1, 0.15) is 0 Å². The summed E-state index contributed by atoms with van der Waals surface area (Å²) >= 11 is 6.83. The van der Waals surface area contributed by atoms with Gasteiger partial charge < -0.3 is 19.8 Å². The summed E-state index contributed by atoms with van der Waals surface area (Å²) < 4.78 is 0. The van der Waals surface area contributed by atoms with E-state index < -0.39 is 6.09 Å². The molecular formula is C24H31ClN4O3. The number of benzene rings is 1. The fraction of sp³-hybridized carbons (Fsp3) is 0.542. The largest absolute Gasteiger partial charge is 0.465 e. The van der Waals surface area contributed by atoms with E-state index in [-0.39, 0.29) is 11.9 Å². The molecule has 172 valence electrons. The van der Waals surface area contributed by atoms with E-state index >= 15 is 0 Å². The molecule has 2 amide bonds. The van der Waals surface area contributed by atoms with Gasteiger partial charge in [-0.2, -0.15) is 0 Å². The van der Waals surface area contributed by atoms with Crippen LogP contribution < -0.4 is 0 Å². The van der Waals surface area contributed by atoms with Crippen LogP contribution in [0.2, 0.25) is 5.02 Å². The van der Waals surface area contributed by atoms with Gasteiger partial charge in [-0.15, -0.1) is 0 Å². The van der Waals surface area contributed by atoms with Gasteiger partial charge in [0.05, 0.1) is 10.5 Å². The highest BCUT2D eigenvalue weighted by Crippen LogP contribution is 2.36. The van der Waals surface area contributed by atoms with E-state index in [0.717, 1.165) is 59.4 Å². The lowest BCUT2D eigenvalue weighted by Gasteiger charge is -2.38. The van der Waals surface area contributed by atoms with Crippen molar-refractivity contribution < 1.29 is 14.7 Å². The van der Waals surface area contributed by atoms with Crippen molar-refractivity contribution in [2.24, 2.45) is 5.92 Å². The first-order valence-electron chi connectivity index (χ1n) is 11.3. The maximum Gasteiger partial charge on any atom is 0.407 e. The first kappa shape index (κ1) is 22.8. The van der Waals surface area contributed by atoms with E-state index in [1.165, 1.54) is 4.90 Å². The maximum absolute atomic E-state index is 13.2. The Morgan fingerprint density at radius 2 is 2.06 bits per heavy atom. The predicted molar refractivity (Wildman–Crippen MR) is 126 cm³/mol. The summed E-state index contributed by atoms with van der Waals surface area (Å²) in [4.78, 5) is 34.6. The summed E-state index contributed by atoms with van der Waals surface area (Å²) in [6.07, 6.45) is 3.19. The van der Waals surface area contributed by atoms with Gasteiger partial charge in [-0.1, -0.05) is 17.7 Å². The van der Waals surface area contributed by atoms with Crippen molar-refractivity contribution in [1.29, 1.82) is 0 Å². The number of halogens is 1. The van der Waals surface area contributed by atoms with Crippen molar-refractivity contribution in [3.8, 4) is 0 Å². The SMILES string of the molecule is C[C@H]1CN(C(=O)O)CCN1C(=O)c1ccc2c(Cl)c3c(nc2c1)CCC(CCN(C)C)C3. The van der Waals surface area contributed by atoms with Crippen molar-refractivity contribution in [2.75, 3.05) is 40.3 Å². The van der Waals surface area contributed by atoms with Crippen LogP contribution in [0.15, 0.2) is 18.2 Å². The third-order valence-electron chi connectivity index (χ3n) is 6.78. The number of hydrogen-bond acceptors (Lipinski definition) is 4. The van der Waals surface area contributed by atoms with Gasteiger partial charge in [-0.3, -0.25) is 9.78 Å². The standard InChI is InChI=1S/C24H31ClN4O3/c1-15-14-28(24(31)32)10-11-29(15)23(30)17-5-6-18-21(13-17)26-20-7-4-16(8-9-27(2)3)12-19(20)22(18)25/h5-6,13,15-16H,4,7-12,14H2,1-3H3,(H,31,32)/t15-,16?/m0/s1. The molecule has 2 aromatic rings. The van der Waals surface area contributed by atoms with Crippen molar-refractivity contribution >= 4 is 34.5 Å². The molecule has 0 spiro atoms. The highest BCUT2D eigenvalue weighted by molar-refractivity contribution is 6.36. The molecule has 7 nitrogen and oxygen atoms in total. The average Bonchev–Trinajstić information content (AvgIpc) is 2.77. The molecule has 0 saturated carbocycles. The molecule has 1 aliphatic carbocycles. The van der Waals surface area contributed by atoms with Crippen LogP contribution >= 0.6 is 11.6 Å². The number of aromatic nitrogens is 1. The first-order chi connectivity index (χ1) is 15.2. The number of hydrogen-bond donors (Lipinski definition) is 1. The zero-order chi connectivity index (χ0) is 23.0. The van der Waals surface area contributed by atoms with Crippen LogP contribution in [0.1, 0.15) is 41.4 Å². The summed E-state index contributed by atoms with van der Waals surface area (Å²) in [7, 11) is 4.20. The first-order valence-corrected chi connectivity index (χ1v) is 11.7. The number of carboxylic acid groups (broad SMARTS) is 1. The van der Waals surface area contributed by atoms with Crippen LogP contribution in [0.5, 0.6) is 0 Å². The second-order valence-electron chi connectivity index (χ2n) is 9.36. The molecule has 1 N–H and O–H groups in total. The van der Waals surface area contributed by atoms with Crippen LogP contribution in [-0.4, -0.2) is 83.1 Å². The molecular weight excluding hydrogens is 428 g/mol. The molecule has 0 radical (unpaired) electrons. The number of fused-ring (bicyclic) bond motifs is 2. The summed E-state index contributed by atoms with van der Waals surface area (Å²) in [5, 5.41) is 10.9. The molecule has 2 aliphatic rings. The summed E-state index contributed by atoms with van der Waals surface area (Å²) in [5.74, 6) is 0.525. The molecule has 2 heterocycles. The Morgan fingerprint density at radius 1 is 1.28 bits per heavy atom. The van der Waals surface area contributed by atoms with Gasteiger partial charge in [0.25, 0.3) is 5.91 Å². The second kappa shape index (κ2) is 9.24. The Labute approximate surface area is 193 Å². The van der Waals surface area contributed by atoms with Crippen LogP contribution in [0.3, 0.4) is 0 Å². The quantitative estimate of drug-likeness (QED) is 0.754. The number of pyridine rings is 1. The van der Waals surface area contributed by atoms with Gasteiger partial charge in [0, 0.05) is 42.3 Å². The zero-order valence-electron chi connectivity index (χ0n) is 19.0. The second-order valence-corrected chi connectivity index (χ2v) is 9.74. The van der Waals surface area contributed by atoms with Crippen LogP contribution in [0, 0.1) is 5.92 Å². The lowest BCUT2D eigenvalue weighted by Crippen LogP contribution is -2.55. The zero-order valence-corrected chi connectivity index (χ0v) is 19.7. The molecule has 1 unspecified atom stereocenters. The molecule has 32 heavy (non-hydrogen) atoms. The summed E-state index contributed by atoms with van der Waals surface area (Å²) in [5.41, 5.74) is 3.53. The normalized spacial score (nSPS) is 21.2. The van der Waals surface area contributed by atoms with Gasteiger partial charge in [0.2, 0.25) is 0 Å². The fourth-order valence-electron chi connectivity index (χ4n) is 4.88. The van der Waals surface area contributed by atoms with E-state index in [0.29, 0.717) is 31.1 Å². The van der Waals surface area contributed by atoms with Gasteiger partial charge >= 0.3 is 6.09 Å². The topological polar surface area (TPSA) is 77.0 Å². The van der Waals surface area contributed by atoms with Crippen LogP contribution in [0.25, 0.3) is 10.9 Å². The lowest BCUT2D eigenvalue weighted by molar-refractivity contribution is 0.0484. The number of piperazine rings is 1. The third kappa shape index (κ3) is 4.55. The highest BCUT2D eigenvalue weighted by atomic mass is 35.5. The van der Waals surface area contributed by atoms with Crippen molar-refractivity contribution in [1.82, 2.24) is 19.7 Å². The van der Waals surface area contributed by atoms with E-state index in [2.05, 4.69) is 19.0 Å². The predicted octanol–water partition coefficient (Wildman–Crippen LogP) is 3.77. The third-order valence-corrected chi connectivity index (χ3v) is 7.21. The van der Waals surface area contributed by atoms with E-state index in [9.17, 15) is 14.7 Å². The minimum atomic E-state index is -0.942. The molecule has 1 aromatic carbocycles. The molecule has 8 heteroatoms.